The first-order chi connectivity index (χ1) is 8.08. The second-order valence-electron chi connectivity index (χ2n) is 3.39. The van der Waals surface area contributed by atoms with Gasteiger partial charge in [0.25, 0.3) is 0 Å². The highest BCUT2D eigenvalue weighted by atomic mass is 35.5. The summed E-state index contributed by atoms with van der Waals surface area (Å²) in [6.45, 7) is 0.196. The van der Waals surface area contributed by atoms with Crippen LogP contribution in [0.1, 0.15) is 5.56 Å². The van der Waals surface area contributed by atoms with Crippen molar-refractivity contribution in [3.63, 3.8) is 0 Å². The molecule has 0 unspecified atom stereocenters. The van der Waals surface area contributed by atoms with Crippen molar-refractivity contribution < 1.29 is 8.42 Å². The summed E-state index contributed by atoms with van der Waals surface area (Å²) in [4.78, 5) is 0.186. The third-order valence-electron chi connectivity index (χ3n) is 2.15. The number of rotatable bonds is 4. The molecular formula is C10H10ClN3O2S. The van der Waals surface area contributed by atoms with E-state index in [0.717, 1.165) is 5.56 Å². The zero-order valence-corrected chi connectivity index (χ0v) is 10.3. The highest BCUT2D eigenvalue weighted by molar-refractivity contribution is 7.89. The molecule has 0 aliphatic heterocycles. The van der Waals surface area contributed by atoms with Gasteiger partial charge in [0.15, 0.2) is 0 Å². The molecule has 0 fully saturated rings. The van der Waals surface area contributed by atoms with Gasteiger partial charge in [-0.3, -0.25) is 5.10 Å². The van der Waals surface area contributed by atoms with Gasteiger partial charge < -0.3 is 0 Å². The van der Waals surface area contributed by atoms with Crippen molar-refractivity contribution in [2.45, 2.75) is 11.4 Å². The Morgan fingerprint density at radius 3 is 2.59 bits per heavy atom. The number of sulfonamides is 1. The molecule has 0 radical (unpaired) electrons. The lowest BCUT2D eigenvalue weighted by molar-refractivity contribution is 0.581. The fourth-order valence-electron chi connectivity index (χ4n) is 1.25. The number of hydrogen-bond donors (Lipinski definition) is 2. The van der Waals surface area contributed by atoms with Crippen LogP contribution < -0.4 is 4.72 Å². The number of nitrogens with one attached hydrogen (secondary N) is 2. The lowest BCUT2D eigenvalue weighted by Gasteiger charge is -2.05. The molecule has 0 atom stereocenters. The number of H-pyrrole nitrogens is 1. The first-order valence-electron chi connectivity index (χ1n) is 4.81. The summed E-state index contributed by atoms with van der Waals surface area (Å²) < 4.78 is 26.2. The van der Waals surface area contributed by atoms with Crippen molar-refractivity contribution in [3.8, 4) is 0 Å². The summed E-state index contributed by atoms with van der Waals surface area (Å²) in [5.74, 6) is 0. The molecule has 5 nitrogen and oxygen atoms in total. The van der Waals surface area contributed by atoms with E-state index in [4.69, 9.17) is 11.6 Å². The van der Waals surface area contributed by atoms with Crippen LogP contribution in [0.15, 0.2) is 41.6 Å². The largest absolute Gasteiger partial charge is 0.285 e. The van der Waals surface area contributed by atoms with Crippen LogP contribution in [0.5, 0.6) is 0 Å². The van der Waals surface area contributed by atoms with Crippen LogP contribution in [0.4, 0.5) is 0 Å². The van der Waals surface area contributed by atoms with Crippen LogP contribution in [0.3, 0.4) is 0 Å². The predicted octanol–water partition coefficient (Wildman–Crippen LogP) is 1.54. The van der Waals surface area contributed by atoms with E-state index in [1.807, 2.05) is 0 Å². The summed E-state index contributed by atoms with van der Waals surface area (Å²) in [5.41, 5.74) is 0.766. The predicted molar refractivity (Wildman–Crippen MR) is 64.1 cm³/mol. The maximum absolute atomic E-state index is 11.9. The molecule has 1 aromatic heterocycles. The molecule has 0 spiro atoms. The van der Waals surface area contributed by atoms with Gasteiger partial charge in [-0.15, -0.1) is 0 Å². The van der Waals surface area contributed by atoms with Crippen LogP contribution in [0.2, 0.25) is 5.02 Å². The van der Waals surface area contributed by atoms with E-state index in [1.165, 1.54) is 24.3 Å². The molecule has 0 aliphatic carbocycles. The molecule has 90 valence electrons. The van der Waals surface area contributed by atoms with E-state index in [9.17, 15) is 8.42 Å². The van der Waals surface area contributed by atoms with Crippen molar-refractivity contribution in [2.75, 3.05) is 0 Å². The normalized spacial score (nSPS) is 11.6. The Balaban J connectivity index is 2.11. The molecule has 2 N–H and O–H groups in total. The molecule has 2 rings (SSSR count). The van der Waals surface area contributed by atoms with Crippen LogP contribution >= 0.6 is 11.6 Å². The molecule has 1 heterocycles. The highest BCUT2D eigenvalue weighted by Gasteiger charge is 2.13. The average molecular weight is 272 g/mol. The van der Waals surface area contributed by atoms with Gasteiger partial charge in [-0.05, 0) is 24.3 Å². The minimum absolute atomic E-state index is 0.186. The first kappa shape index (κ1) is 12.1. The van der Waals surface area contributed by atoms with Gasteiger partial charge in [0.05, 0.1) is 11.1 Å². The molecule has 1 aromatic carbocycles. The Morgan fingerprint density at radius 1 is 1.29 bits per heavy atom. The van der Waals surface area contributed by atoms with Gasteiger partial charge in [0.1, 0.15) is 0 Å². The van der Waals surface area contributed by atoms with Crippen LogP contribution in [0.25, 0.3) is 0 Å². The molecule has 2 aromatic rings. The zero-order chi connectivity index (χ0) is 12.3. The number of benzene rings is 1. The van der Waals surface area contributed by atoms with E-state index in [1.54, 1.807) is 12.4 Å². The van der Waals surface area contributed by atoms with Gasteiger partial charge in [-0.1, -0.05) is 11.6 Å². The van der Waals surface area contributed by atoms with Gasteiger partial charge >= 0.3 is 0 Å². The summed E-state index contributed by atoms with van der Waals surface area (Å²) >= 11 is 5.69. The number of aromatic nitrogens is 2. The topological polar surface area (TPSA) is 74.8 Å². The Morgan fingerprint density at radius 2 is 2.00 bits per heavy atom. The lowest BCUT2D eigenvalue weighted by Crippen LogP contribution is -2.22. The number of hydrogen-bond acceptors (Lipinski definition) is 3. The molecule has 0 bridgehead atoms. The molecule has 7 heteroatoms. The van der Waals surface area contributed by atoms with E-state index in [0.29, 0.717) is 5.02 Å². The maximum Gasteiger partial charge on any atom is 0.240 e. The van der Waals surface area contributed by atoms with Crippen LogP contribution in [-0.4, -0.2) is 18.6 Å². The minimum Gasteiger partial charge on any atom is -0.285 e. The molecule has 0 saturated carbocycles. The molecule has 0 saturated heterocycles. The Labute approximate surface area is 104 Å². The number of halogens is 1. The van der Waals surface area contributed by atoms with Crippen molar-refractivity contribution in [3.05, 3.63) is 47.2 Å². The zero-order valence-electron chi connectivity index (χ0n) is 8.72. The quantitative estimate of drug-likeness (QED) is 0.886. The molecule has 0 amide bonds. The van der Waals surface area contributed by atoms with Crippen molar-refractivity contribution in [2.24, 2.45) is 0 Å². The van der Waals surface area contributed by atoms with E-state index in [-0.39, 0.29) is 11.4 Å². The summed E-state index contributed by atoms with van der Waals surface area (Å²) in [6.07, 6.45) is 3.19. The lowest BCUT2D eigenvalue weighted by atomic mass is 10.4. The molecule has 17 heavy (non-hydrogen) atoms. The van der Waals surface area contributed by atoms with Crippen LogP contribution in [0, 0.1) is 0 Å². The fraction of sp³-hybridized carbons (Fsp3) is 0.100. The van der Waals surface area contributed by atoms with E-state index in [2.05, 4.69) is 14.9 Å². The van der Waals surface area contributed by atoms with Gasteiger partial charge in [-0.25, -0.2) is 13.1 Å². The second kappa shape index (κ2) is 4.87. The standard InChI is InChI=1S/C10H10ClN3O2S/c11-9-1-3-10(4-2-9)17(15,16)14-7-8-5-12-13-6-8/h1-6,14H,7H2,(H,12,13). The van der Waals surface area contributed by atoms with Gasteiger partial charge in [0, 0.05) is 23.3 Å². The van der Waals surface area contributed by atoms with E-state index < -0.39 is 10.0 Å². The minimum atomic E-state index is -3.50. The molecular weight excluding hydrogens is 262 g/mol. The van der Waals surface area contributed by atoms with Gasteiger partial charge in [0.2, 0.25) is 10.0 Å². The number of aromatic amines is 1. The van der Waals surface area contributed by atoms with Crippen molar-refractivity contribution >= 4 is 21.6 Å². The average Bonchev–Trinajstić information content (AvgIpc) is 2.80. The van der Waals surface area contributed by atoms with Crippen molar-refractivity contribution in [1.29, 1.82) is 0 Å². The third-order valence-corrected chi connectivity index (χ3v) is 3.81. The van der Waals surface area contributed by atoms with Crippen molar-refractivity contribution in [1.82, 2.24) is 14.9 Å². The smallest absolute Gasteiger partial charge is 0.240 e. The first-order valence-corrected chi connectivity index (χ1v) is 6.67. The summed E-state index contributed by atoms with van der Waals surface area (Å²) in [5, 5.41) is 6.84. The van der Waals surface area contributed by atoms with Gasteiger partial charge in [-0.2, -0.15) is 5.10 Å². The SMILES string of the molecule is O=S(=O)(NCc1cn[nH]c1)c1ccc(Cl)cc1. The van der Waals surface area contributed by atoms with Crippen LogP contribution in [-0.2, 0) is 16.6 Å². The van der Waals surface area contributed by atoms with E-state index >= 15 is 0 Å². The summed E-state index contributed by atoms with van der Waals surface area (Å²) in [6, 6.07) is 5.99. The number of nitrogens with zero attached hydrogens (tertiary/aromatic N) is 1. The fourth-order valence-corrected chi connectivity index (χ4v) is 2.39. The Kier molecular flexibility index (Phi) is 3.46. The summed E-state index contributed by atoms with van der Waals surface area (Å²) in [7, 11) is -3.50. The second-order valence-corrected chi connectivity index (χ2v) is 5.59. The third kappa shape index (κ3) is 3.06. The molecule has 0 aliphatic rings. The maximum atomic E-state index is 11.9. The monoisotopic (exact) mass is 271 g/mol. The highest BCUT2D eigenvalue weighted by Crippen LogP contribution is 2.14. The Bertz CT molecular complexity index is 579. The Hall–Kier alpha value is -1.37.